The van der Waals surface area contributed by atoms with Crippen molar-refractivity contribution >= 4 is 8.80 Å². The summed E-state index contributed by atoms with van der Waals surface area (Å²) in [5, 5.41) is 0. The maximum absolute atomic E-state index is 14.3. The fourth-order valence-electron chi connectivity index (χ4n) is 6.03. The monoisotopic (exact) mass is 486 g/mol. The summed E-state index contributed by atoms with van der Waals surface area (Å²) in [6.45, 7) is 1.79. The smallest absolute Gasteiger partial charge is 0.392 e. The molecule has 2 aliphatic rings. The second-order valence-corrected chi connectivity index (χ2v) is 14.0. The van der Waals surface area contributed by atoms with Crippen LogP contribution in [-0.4, -0.2) is 21.6 Å². The molecule has 3 rings (SSSR count). The lowest BCUT2D eigenvalue weighted by atomic mass is 9.77. The summed E-state index contributed by atoms with van der Waals surface area (Å²) in [4.78, 5) is 0. The topological polar surface area (TPSA) is 9.23 Å². The number of benzene rings is 1. The van der Waals surface area contributed by atoms with Crippen molar-refractivity contribution in [2.75, 3.05) is 6.61 Å². The maximum Gasteiger partial charge on any atom is 0.392 e. The molecule has 0 unspecified atom stereocenters. The summed E-state index contributed by atoms with van der Waals surface area (Å²) < 4.78 is 56.0. The van der Waals surface area contributed by atoms with Crippen molar-refractivity contribution in [2.45, 2.75) is 114 Å². The van der Waals surface area contributed by atoms with Gasteiger partial charge < -0.3 is 4.74 Å². The molecule has 33 heavy (non-hydrogen) atoms. The van der Waals surface area contributed by atoms with Crippen LogP contribution in [0.25, 0.3) is 0 Å². The van der Waals surface area contributed by atoms with Crippen LogP contribution in [0, 0.1) is 17.7 Å². The summed E-state index contributed by atoms with van der Waals surface area (Å²) in [5.41, 5.74) is 0.955. The lowest BCUT2D eigenvalue weighted by molar-refractivity contribution is -0.139. The highest BCUT2D eigenvalue weighted by atomic mass is 28.3. The molecule has 1 aromatic rings. The van der Waals surface area contributed by atoms with Crippen molar-refractivity contribution in [2.24, 2.45) is 11.8 Å². The number of halogens is 4. The Morgan fingerprint density at radius 3 is 2.15 bits per heavy atom. The molecule has 6 heteroatoms. The number of unbranched alkanes of at least 4 members (excludes halogenated alkanes) is 1. The minimum Gasteiger partial charge on any atom is -0.490 e. The van der Waals surface area contributed by atoms with E-state index in [1.165, 1.54) is 69.9 Å². The Morgan fingerprint density at radius 2 is 1.58 bits per heavy atom. The van der Waals surface area contributed by atoms with E-state index >= 15 is 0 Å². The fourth-order valence-corrected chi connectivity index (χ4v) is 9.60. The van der Waals surface area contributed by atoms with Crippen LogP contribution in [-0.2, 0) is 0 Å². The van der Waals surface area contributed by atoms with Crippen LogP contribution in [0.5, 0.6) is 5.75 Å². The second kappa shape index (κ2) is 13.2. The Balaban J connectivity index is 1.31. The first-order chi connectivity index (χ1) is 15.8. The SMILES string of the molecule is CCC[SiH]1CCC(CCCC[C@H]2CC[C@H](c3ccc(OCCC(F)(F)F)c(F)c3)CC2)CC1. The van der Waals surface area contributed by atoms with Gasteiger partial charge in [-0.05, 0) is 61.1 Å². The number of ether oxygens (including phenoxy) is 1. The largest absolute Gasteiger partial charge is 0.490 e. The van der Waals surface area contributed by atoms with Gasteiger partial charge in [0.15, 0.2) is 11.6 Å². The molecule has 1 nitrogen and oxygen atoms in total. The zero-order valence-electron chi connectivity index (χ0n) is 20.3. The average Bonchev–Trinajstić information content (AvgIpc) is 2.79. The summed E-state index contributed by atoms with van der Waals surface area (Å²) in [5.74, 6) is 1.50. The molecule has 2 fully saturated rings. The Bertz CT molecular complexity index is 692. The van der Waals surface area contributed by atoms with Crippen molar-refractivity contribution in [3.63, 3.8) is 0 Å². The van der Waals surface area contributed by atoms with Crippen molar-refractivity contribution in [3.05, 3.63) is 29.6 Å². The van der Waals surface area contributed by atoms with Crippen LogP contribution in [0.3, 0.4) is 0 Å². The van der Waals surface area contributed by atoms with Gasteiger partial charge in [-0.15, -0.1) is 0 Å². The molecule has 1 aliphatic carbocycles. The summed E-state index contributed by atoms with van der Waals surface area (Å²) >= 11 is 0. The minimum atomic E-state index is -4.29. The molecule has 188 valence electrons. The van der Waals surface area contributed by atoms with E-state index in [0.717, 1.165) is 30.2 Å². The molecule has 0 bridgehead atoms. The van der Waals surface area contributed by atoms with Gasteiger partial charge in [0, 0.05) is 8.80 Å². The number of rotatable bonds is 11. The zero-order valence-corrected chi connectivity index (χ0v) is 21.4. The highest BCUT2D eigenvalue weighted by Crippen LogP contribution is 2.39. The van der Waals surface area contributed by atoms with Crippen molar-refractivity contribution in [3.8, 4) is 5.75 Å². The summed E-state index contributed by atoms with van der Waals surface area (Å²) in [7, 11) is -0.351. The van der Waals surface area contributed by atoms with Crippen molar-refractivity contribution < 1.29 is 22.3 Å². The van der Waals surface area contributed by atoms with Gasteiger partial charge in [0.25, 0.3) is 0 Å². The standard InChI is InChI=1S/C27H42F4OSi/c1-2-17-33-18-13-22(14-19-33)6-4-3-5-21-7-9-23(10-8-21)24-11-12-26(25(28)20-24)32-16-15-27(29,30)31/h11-12,20-23,33H,2-10,13-19H2,1H3/t21-,22?,23-,33?. The Kier molecular flexibility index (Phi) is 10.6. The molecule has 0 radical (unpaired) electrons. The Hall–Kier alpha value is -1.04. The predicted molar refractivity (Wildman–Crippen MR) is 130 cm³/mol. The first kappa shape index (κ1) is 26.6. The van der Waals surface area contributed by atoms with E-state index in [-0.39, 0.29) is 14.5 Å². The van der Waals surface area contributed by atoms with Crippen LogP contribution >= 0.6 is 0 Å². The van der Waals surface area contributed by atoms with E-state index < -0.39 is 25.0 Å². The second-order valence-electron chi connectivity index (χ2n) is 10.6. The van der Waals surface area contributed by atoms with E-state index in [1.807, 2.05) is 6.07 Å². The predicted octanol–water partition coefficient (Wildman–Crippen LogP) is 9.04. The molecule has 0 atom stereocenters. The molecule has 0 spiro atoms. The lowest BCUT2D eigenvalue weighted by Gasteiger charge is -2.30. The fraction of sp³-hybridized carbons (Fsp3) is 0.778. The van der Waals surface area contributed by atoms with Gasteiger partial charge in [0.05, 0.1) is 13.0 Å². The molecule has 0 amide bonds. The van der Waals surface area contributed by atoms with E-state index in [0.29, 0.717) is 5.92 Å². The third kappa shape index (κ3) is 9.26. The molecule has 1 aliphatic heterocycles. The lowest BCUT2D eigenvalue weighted by Crippen LogP contribution is -2.21. The maximum atomic E-state index is 14.3. The number of hydrogen-bond donors (Lipinski definition) is 0. The summed E-state index contributed by atoms with van der Waals surface area (Å²) in [6.07, 6.45) is 9.07. The van der Waals surface area contributed by atoms with Crippen molar-refractivity contribution in [1.82, 2.24) is 0 Å². The first-order valence-electron chi connectivity index (χ1n) is 13.3. The van der Waals surface area contributed by atoms with E-state index in [1.54, 1.807) is 18.1 Å². The van der Waals surface area contributed by atoms with E-state index in [4.69, 9.17) is 4.74 Å². The van der Waals surface area contributed by atoms with E-state index in [2.05, 4.69) is 6.92 Å². The number of alkyl halides is 3. The van der Waals surface area contributed by atoms with E-state index in [9.17, 15) is 17.6 Å². The molecule has 0 N–H and O–H groups in total. The average molecular weight is 487 g/mol. The normalized spacial score (nSPS) is 26.3. The van der Waals surface area contributed by atoms with Gasteiger partial charge in [0.1, 0.15) is 0 Å². The number of hydrogen-bond acceptors (Lipinski definition) is 1. The molecular formula is C27H42F4OSi. The highest BCUT2D eigenvalue weighted by Gasteiger charge is 2.27. The van der Waals surface area contributed by atoms with Gasteiger partial charge in [0.2, 0.25) is 0 Å². The summed E-state index contributed by atoms with van der Waals surface area (Å²) in [6, 6.07) is 9.52. The molecular weight excluding hydrogens is 444 g/mol. The Morgan fingerprint density at radius 1 is 0.939 bits per heavy atom. The van der Waals surface area contributed by atoms with Crippen LogP contribution in [0.2, 0.25) is 18.1 Å². The molecule has 1 saturated carbocycles. The highest BCUT2D eigenvalue weighted by molar-refractivity contribution is 6.58. The van der Waals surface area contributed by atoms with Gasteiger partial charge in [-0.3, -0.25) is 0 Å². The van der Waals surface area contributed by atoms with Crippen LogP contribution in [0.15, 0.2) is 18.2 Å². The Labute approximate surface area is 199 Å². The van der Waals surface area contributed by atoms with Crippen LogP contribution < -0.4 is 4.74 Å². The first-order valence-corrected chi connectivity index (χ1v) is 15.8. The zero-order chi connectivity index (χ0) is 23.7. The quantitative estimate of drug-likeness (QED) is 0.172. The third-order valence-electron chi connectivity index (χ3n) is 8.06. The third-order valence-corrected chi connectivity index (χ3v) is 11.7. The molecule has 1 aromatic carbocycles. The van der Waals surface area contributed by atoms with Gasteiger partial charge in [-0.25, -0.2) is 4.39 Å². The van der Waals surface area contributed by atoms with Crippen molar-refractivity contribution in [1.29, 1.82) is 0 Å². The minimum absolute atomic E-state index is 0.0853. The van der Waals surface area contributed by atoms with Gasteiger partial charge in [-0.1, -0.05) is 76.1 Å². The molecule has 1 saturated heterocycles. The molecule has 0 aromatic heterocycles. The van der Waals surface area contributed by atoms with Crippen LogP contribution in [0.4, 0.5) is 17.6 Å². The molecule has 1 heterocycles. The van der Waals surface area contributed by atoms with Gasteiger partial charge in [-0.2, -0.15) is 13.2 Å². The van der Waals surface area contributed by atoms with Gasteiger partial charge >= 0.3 is 6.18 Å². The van der Waals surface area contributed by atoms with Crippen LogP contribution in [0.1, 0.15) is 95.5 Å².